The molecule has 1 aliphatic heterocycles. The summed E-state index contributed by atoms with van der Waals surface area (Å²) in [7, 11) is -3.45. The molecule has 1 N–H and O–H groups in total. The van der Waals surface area contributed by atoms with Crippen LogP contribution in [0.25, 0.3) is 0 Å². The summed E-state index contributed by atoms with van der Waals surface area (Å²) in [6.07, 6.45) is 1.80. The van der Waals surface area contributed by atoms with Gasteiger partial charge in [0.2, 0.25) is 10.0 Å². The zero-order chi connectivity index (χ0) is 19.4. The number of ether oxygens (including phenoxy) is 1. The van der Waals surface area contributed by atoms with Gasteiger partial charge >= 0.3 is 0 Å². The minimum atomic E-state index is -3.45. The fourth-order valence-electron chi connectivity index (χ4n) is 3.00. The van der Waals surface area contributed by atoms with E-state index in [1.165, 1.54) is 10.4 Å². The van der Waals surface area contributed by atoms with Crippen LogP contribution in [-0.4, -0.2) is 38.3 Å². The average Bonchev–Trinajstić information content (AvgIpc) is 3.18. The summed E-state index contributed by atoms with van der Waals surface area (Å²) >= 11 is 0. The van der Waals surface area contributed by atoms with Crippen LogP contribution >= 0.6 is 0 Å². The number of hydrogen-bond donors (Lipinski definition) is 1. The van der Waals surface area contributed by atoms with Gasteiger partial charge in [0.25, 0.3) is 5.91 Å². The second-order valence-corrected chi connectivity index (χ2v) is 8.68. The molecule has 0 aromatic heterocycles. The molecule has 1 saturated heterocycles. The maximum Gasteiger partial charge on any atom is 0.262 e. The van der Waals surface area contributed by atoms with E-state index in [0.29, 0.717) is 30.1 Å². The van der Waals surface area contributed by atoms with Gasteiger partial charge in [0.05, 0.1) is 4.90 Å². The zero-order valence-electron chi connectivity index (χ0n) is 15.6. The van der Waals surface area contributed by atoms with Gasteiger partial charge < -0.3 is 10.1 Å². The number of anilines is 1. The van der Waals surface area contributed by atoms with E-state index >= 15 is 0 Å². The molecule has 6 nitrogen and oxygen atoms in total. The van der Waals surface area contributed by atoms with Crippen molar-refractivity contribution in [3.63, 3.8) is 0 Å². The molecule has 1 amide bonds. The summed E-state index contributed by atoms with van der Waals surface area (Å²) in [6.45, 7) is 4.74. The highest BCUT2D eigenvalue weighted by Gasteiger charge is 2.27. The molecular formula is C20H24N2O4S. The smallest absolute Gasteiger partial charge is 0.262 e. The number of rotatable bonds is 6. The van der Waals surface area contributed by atoms with Crippen molar-refractivity contribution in [3.8, 4) is 5.75 Å². The molecule has 1 heterocycles. The molecule has 0 atom stereocenters. The first-order valence-electron chi connectivity index (χ1n) is 8.96. The Morgan fingerprint density at radius 3 is 2.37 bits per heavy atom. The molecule has 2 aromatic rings. The number of nitrogens with zero attached hydrogens (tertiary/aromatic N) is 1. The molecule has 3 rings (SSSR count). The molecule has 7 heteroatoms. The lowest BCUT2D eigenvalue weighted by atomic mass is 10.2. The Morgan fingerprint density at radius 2 is 1.74 bits per heavy atom. The van der Waals surface area contributed by atoms with Gasteiger partial charge in [-0.15, -0.1) is 0 Å². The standard InChI is InChI=1S/C20H24N2O4S/c1-15-5-7-17(8-6-15)21-20(23)14-26-19-10-9-18(13-16(19)2)27(24,25)22-11-3-4-12-22/h5-10,13H,3-4,11-12,14H2,1-2H3,(H,21,23). The molecule has 0 unspecified atom stereocenters. The predicted molar refractivity (Wildman–Crippen MR) is 104 cm³/mol. The number of amides is 1. The van der Waals surface area contributed by atoms with Crippen LogP contribution in [0.3, 0.4) is 0 Å². The third-order valence-corrected chi connectivity index (χ3v) is 6.44. The van der Waals surface area contributed by atoms with Crippen LogP contribution in [0.4, 0.5) is 5.69 Å². The van der Waals surface area contributed by atoms with E-state index in [-0.39, 0.29) is 17.4 Å². The SMILES string of the molecule is Cc1ccc(NC(=O)COc2ccc(S(=O)(=O)N3CCCC3)cc2C)cc1. The van der Waals surface area contributed by atoms with E-state index in [2.05, 4.69) is 5.32 Å². The lowest BCUT2D eigenvalue weighted by Crippen LogP contribution is -2.27. The van der Waals surface area contributed by atoms with E-state index < -0.39 is 10.0 Å². The van der Waals surface area contributed by atoms with E-state index in [4.69, 9.17) is 4.74 Å². The lowest BCUT2D eigenvalue weighted by molar-refractivity contribution is -0.118. The van der Waals surface area contributed by atoms with Crippen LogP contribution in [0.15, 0.2) is 47.4 Å². The molecule has 144 valence electrons. The van der Waals surface area contributed by atoms with E-state index in [1.807, 2.05) is 31.2 Å². The Labute approximate surface area is 160 Å². The predicted octanol–water partition coefficient (Wildman–Crippen LogP) is 3.11. The quantitative estimate of drug-likeness (QED) is 0.825. The number of carbonyl (C=O) groups excluding carboxylic acids is 1. The summed E-state index contributed by atoms with van der Waals surface area (Å²) in [5, 5.41) is 2.77. The molecule has 2 aromatic carbocycles. The highest BCUT2D eigenvalue weighted by molar-refractivity contribution is 7.89. The third-order valence-electron chi connectivity index (χ3n) is 4.54. The largest absolute Gasteiger partial charge is 0.483 e. The number of nitrogens with one attached hydrogen (secondary N) is 1. The van der Waals surface area contributed by atoms with Crippen molar-refractivity contribution in [1.29, 1.82) is 0 Å². The normalized spacial score (nSPS) is 14.9. The van der Waals surface area contributed by atoms with Crippen LogP contribution in [-0.2, 0) is 14.8 Å². The summed E-state index contributed by atoms with van der Waals surface area (Å²) < 4.78 is 32.3. The molecule has 0 radical (unpaired) electrons. The van der Waals surface area contributed by atoms with Crippen molar-refractivity contribution in [3.05, 3.63) is 53.6 Å². The first kappa shape index (κ1) is 19.4. The van der Waals surface area contributed by atoms with Crippen LogP contribution in [0.2, 0.25) is 0 Å². The van der Waals surface area contributed by atoms with Gasteiger partial charge in [-0.2, -0.15) is 4.31 Å². The maximum absolute atomic E-state index is 12.6. The van der Waals surface area contributed by atoms with E-state index in [0.717, 1.165) is 18.4 Å². The molecule has 27 heavy (non-hydrogen) atoms. The van der Waals surface area contributed by atoms with Crippen molar-refractivity contribution in [2.75, 3.05) is 25.0 Å². The van der Waals surface area contributed by atoms with Crippen molar-refractivity contribution in [1.82, 2.24) is 4.31 Å². The van der Waals surface area contributed by atoms with Crippen LogP contribution in [0, 0.1) is 13.8 Å². The minimum Gasteiger partial charge on any atom is -0.483 e. The number of sulfonamides is 1. The van der Waals surface area contributed by atoms with Crippen LogP contribution in [0.5, 0.6) is 5.75 Å². The number of hydrogen-bond acceptors (Lipinski definition) is 4. The fraction of sp³-hybridized carbons (Fsp3) is 0.350. The second-order valence-electron chi connectivity index (χ2n) is 6.74. The summed E-state index contributed by atoms with van der Waals surface area (Å²) in [4.78, 5) is 12.3. The van der Waals surface area contributed by atoms with E-state index in [9.17, 15) is 13.2 Å². The van der Waals surface area contributed by atoms with Crippen LogP contribution in [0.1, 0.15) is 24.0 Å². The van der Waals surface area contributed by atoms with Crippen molar-refractivity contribution >= 4 is 21.6 Å². The molecule has 0 bridgehead atoms. The van der Waals surface area contributed by atoms with Gasteiger partial charge in [-0.1, -0.05) is 17.7 Å². The van der Waals surface area contributed by atoms with Gasteiger partial charge in [0.15, 0.2) is 6.61 Å². The van der Waals surface area contributed by atoms with Gasteiger partial charge in [-0.25, -0.2) is 8.42 Å². The summed E-state index contributed by atoms with van der Waals surface area (Å²) in [5.74, 6) is 0.224. The molecule has 0 aliphatic carbocycles. The molecule has 1 aliphatic rings. The summed E-state index contributed by atoms with van der Waals surface area (Å²) in [5.41, 5.74) is 2.50. The Morgan fingerprint density at radius 1 is 1.07 bits per heavy atom. The Hall–Kier alpha value is -2.38. The van der Waals surface area contributed by atoms with Gasteiger partial charge in [0, 0.05) is 18.8 Å². The zero-order valence-corrected chi connectivity index (χ0v) is 16.4. The number of carbonyl (C=O) groups is 1. The highest BCUT2D eigenvalue weighted by atomic mass is 32.2. The van der Waals surface area contributed by atoms with E-state index in [1.54, 1.807) is 19.1 Å². The average molecular weight is 388 g/mol. The van der Waals surface area contributed by atoms with Crippen molar-refractivity contribution in [2.24, 2.45) is 0 Å². The third kappa shape index (κ3) is 4.67. The monoisotopic (exact) mass is 388 g/mol. The first-order chi connectivity index (χ1) is 12.9. The number of aryl methyl sites for hydroxylation is 2. The lowest BCUT2D eigenvalue weighted by Gasteiger charge is -2.17. The van der Waals surface area contributed by atoms with Gasteiger partial charge in [-0.3, -0.25) is 4.79 Å². The molecule has 0 saturated carbocycles. The maximum atomic E-state index is 12.6. The topological polar surface area (TPSA) is 75.7 Å². The Balaban J connectivity index is 1.62. The second kappa shape index (κ2) is 8.10. The Bertz CT molecular complexity index is 917. The number of benzene rings is 2. The molecule has 1 fully saturated rings. The molecular weight excluding hydrogens is 364 g/mol. The fourth-order valence-corrected chi connectivity index (χ4v) is 4.60. The Kier molecular flexibility index (Phi) is 5.82. The summed E-state index contributed by atoms with van der Waals surface area (Å²) in [6, 6.07) is 12.2. The highest BCUT2D eigenvalue weighted by Crippen LogP contribution is 2.26. The first-order valence-corrected chi connectivity index (χ1v) is 10.4. The van der Waals surface area contributed by atoms with Gasteiger partial charge in [-0.05, 0) is 62.6 Å². The van der Waals surface area contributed by atoms with Crippen molar-refractivity contribution < 1.29 is 17.9 Å². The molecule has 0 spiro atoms. The van der Waals surface area contributed by atoms with Gasteiger partial charge in [0.1, 0.15) is 5.75 Å². The minimum absolute atomic E-state index is 0.146. The van der Waals surface area contributed by atoms with Crippen LogP contribution < -0.4 is 10.1 Å². The van der Waals surface area contributed by atoms with Crippen molar-refractivity contribution in [2.45, 2.75) is 31.6 Å².